The van der Waals surface area contributed by atoms with Crippen LogP contribution in [-0.4, -0.2) is 15.0 Å². The lowest BCUT2D eigenvalue weighted by Gasteiger charge is -2.10. The molecule has 3 aromatic heterocycles. The van der Waals surface area contributed by atoms with Crippen molar-refractivity contribution >= 4 is 43.9 Å². The molecule has 0 unspecified atom stereocenters. The molecule has 0 atom stereocenters. The molecule has 13 aromatic rings. The highest BCUT2D eigenvalue weighted by Gasteiger charge is 2.19. The Morgan fingerprint density at radius 3 is 1.31 bits per heavy atom. The van der Waals surface area contributed by atoms with Gasteiger partial charge < -0.3 is 8.83 Å². The van der Waals surface area contributed by atoms with Crippen molar-refractivity contribution in [3.05, 3.63) is 237 Å². The molecule has 0 saturated carbocycles. The lowest BCUT2D eigenvalue weighted by atomic mass is 9.97. The number of hydrogen-bond acceptors (Lipinski definition) is 5. The van der Waals surface area contributed by atoms with Gasteiger partial charge in [0.1, 0.15) is 22.3 Å². The average molecular weight is 870 g/mol. The SMILES string of the molecule is c1ccc(-c2ccc3c(c2)oc2c(-c4ccc(-c5ccc(-c6ccc(-c7nc(-c8ccccc8)nc(-c8cccc9oc%10ccc(-c%11ccccc%11)cc%10c89)n7)cc6)cc5)cc4)cccc23)cc1. The molecule has 0 bridgehead atoms. The van der Waals surface area contributed by atoms with Crippen LogP contribution in [0.3, 0.4) is 0 Å². The standard InChI is InChI=1S/C63H39N3O2/c1-4-12-40(13-5-1)49-35-37-56-55(38-49)59-54(20-11-21-57(59)67-56)63-65-61(47-16-8-3-9-17-47)64-62(66-63)48-32-28-45(29-33-48)43-24-22-42(23-25-43)44-26-30-46(31-27-44)51-18-10-19-53-52-36-34-50(39-58(52)68-60(51)53)41-14-6-2-7-15-41/h1-39H. The third-order valence-electron chi connectivity index (χ3n) is 13.0. The van der Waals surface area contributed by atoms with E-state index in [2.05, 4.69) is 182 Å². The normalized spacial score (nSPS) is 11.5. The van der Waals surface area contributed by atoms with Gasteiger partial charge in [0, 0.05) is 43.8 Å². The molecule has 0 aliphatic rings. The molecular formula is C63H39N3O2. The number of aromatic nitrogens is 3. The summed E-state index contributed by atoms with van der Waals surface area (Å²) in [5.41, 5.74) is 17.4. The van der Waals surface area contributed by atoms with E-state index >= 15 is 0 Å². The molecular weight excluding hydrogens is 831 g/mol. The van der Waals surface area contributed by atoms with Gasteiger partial charge in [-0.1, -0.05) is 206 Å². The summed E-state index contributed by atoms with van der Waals surface area (Å²) >= 11 is 0. The third-order valence-corrected chi connectivity index (χ3v) is 13.0. The molecule has 13 rings (SSSR count). The van der Waals surface area contributed by atoms with E-state index in [0.717, 1.165) is 111 Å². The Bertz CT molecular complexity index is 3970. The van der Waals surface area contributed by atoms with Gasteiger partial charge in [-0.05, 0) is 80.4 Å². The molecule has 5 heteroatoms. The summed E-state index contributed by atoms with van der Waals surface area (Å²) in [4.78, 5) is 15.3. The topological polar surface area (TPSA) is 65.0 Å². The fraction of sp³-hybridized carbons (Fsp3) is 0. The number of para-hydroxylation sites is 1. The Balaban J connectivity index is 0.793. The van der Waals surface area contributed by atoms with Gasteiger partial charge in [-0.25, -0.2) is 15.0 Å². The van der Waals surface area contributed by atoms with Crippen molar-refractivity contribution in [2.75, 3.05) is 0 Å². The quantitative estimate of drug-likeness (QED) is 0.152. The molecule has 0 saturated heterocycles. The van der Waals surface area contributed by atoms with Gasteiger partial charge in [-0.3, -0.25) is 0 Å². The Morgan fingerprint density at radius 2 is 0.691 bits per heavy atom. The first-order valence-electron chi connectivity index (χ1n) is 22.8. The number of hydrogen-bond donors (Lipinski definition) is 0. The Kier molecular flexibility index (Phi) is 9.43. The average Bonchev–Trinajstić information content (AvgIpc) is 4.00. The fourth-order valence-electron chi connectivity index (χ4n) is 9.51. The molecule has 3 heterocycles. The highest BCUT2D eigenvalue weighted by Crippen LogP contribution is 2.40. The molecule has 68 heavy (non-hydrogen) atoms. The van der Waals surface area contributed by atoms with Gasteiger partial charge in [0.15, 0.2) is 17.5 Å². The van der Waals surface area contributed by atoms with Crippen LogP contribution >= 0.6 is 0 Å². The van der Waals surface area contributed by atoms with Crippen molar-refractivity contribution in [1.29, 1.82) is 0 Å². The van der Waals surface area contributed by atoms with Gasteiger partial charge in [0.25, 0.3) is 0 Å². The van der Waals surface area contributed by atoms with E-state index in [9.17, 15) is 0 Å². The van der Waals surface area contributed by atoms with Crippen molar-refractivity contribution < 1.29 is 8.83 Å². The number of nitrogens with zero attached hydrogens (tertiary/aromatic N) is 3. The molecule has 0 N–H and O–H groups in total. The lowest BCUT2D eigenvalue weighted by molar-refractivity contribution is 0.669. The predicted octanol–water partition coefficient (Wildman–Crippen LogP) is 17.0. The molecule has 0 fully saturated rings. The van der Waals surface area contributed by atoms with E-state index in [1.54, 1.807) is 0 Å². The van der Waals surface area contributed by atoms with E-state index in [1.807, 2.05) is 54.6 Å². The zero-order valence-electron chi connectivity index (χ0n) is 36.7. The third kappa shape index (κ3) is 7.02. The van der Waals surface area contributed by atoms with Crippen molar-refractivity contribution in [1.82, 2.24) is 15.0 Å². The van der Waals surface area contributed by atoms with Crippen LogP contribution in [0.1, 0.15) is 0 Å². The van der Waals surface area contributed by atoms with Gasteiger partial charge in [-0.2, -0.15) is 0 Å². The summed E-state index contributed by atoms with van der Waals surface area (Å²) < 4.78 is 13.0. The van der Waals surface area contributed by atoms with Gasteiger partial charge in [-0.15, -0.1) is 0 Å². The molecule has 5 nitrogen and oxygen atoms in total. The second-order valence-corrected chi connectivity index (χ2v) is 17.1. The summed E-state index contributed by atoms with van der Waals surface area (Å²) in [5, 5.41) is 4.23. The van der Waals surface area contributed by atoms with Crippen LogP contribution in [0.15, 0.2) is 245 Å². The Labute approximate surface area is 392 Å². The van der Waals surface area contributed by atoms with Gasteiger partial charge in [0.05, 0.1) is 0 Å². The molecule has 0 amide bonds. The number of rotatable bonds is 8. The minimum Gasteiger partial charge on any atom is -0.456 e. The van der Waals surface area contributed by atoms with E-state index in [0.29, 0.717) is 17.5 Å². The predicted molar refractivity (Wildman–Crippen MR) is 278 cm³/mol. The van der Waals surface area contributed by atoms with Crippen LogP contribution in [0, 0.1) is 0 Å². The second kappa shape index (κ2) is 16.4. The first-order valence-corrected chi connectivity index (χ1v) is 22.8. The lowest BCUT2D eigenvalue weighted by Crippen LogP contribution is -2.00. The maximum absolute atomic E-state index is 6.58. The molecule has 0 spiro atoms. The van der Waals surface area contributed by atoms with Crippen LogP contribution in [-0.2, 0) is 0 Å². The van der Waals surface area contributed by atoms with Crippen molar-refractivity contribution in [2.24, 2.45) is 0 Å². The maximum Gasteiger partial charge on any atom is 0.164 e. The van der Waals surface area contributed by atoms with Crippen LogP contribution in [0.4, 0.5) is 0 Å². The van der Waals surface area contributed by atoms with Crippen molar-refractivity contribution in [3.63, 3.8) is 0 Å². The minimum absolute atomic E-state index is 0.587. The summed E-state index contributed by atoms with van der Waals surface area (Å²) in [6, 6.07) is 82.3. The molecule has 10 aromatic carbocycles. The zero-order chi connectivity index (χ0) is 45.0. The monoisotopic (exact) mass is 869 g/mol. The fourth-order valence-corrected chi connectivity index (χ4v) is 9.51. The minimum atomic E-state index is 0.587. The Hall–Kier alpha value is -9.19. The first kappa shape index (κ1) is 39.2. The van der Waals surface area contributed by atoms with E-state index < -0.39 is 0 Å². The summed E-state index contributed by atoms with van der Waals surface area (Å²) in [5.74, 6) is 1.80. The van der Waals surface area contributed by atoms with Gasteiger partial charge in [0.2, 0.25) is 0 Å². The highest BCUT2D eigenvalue weighted by molar-refractivity contribution is 6.13. The summed E-state index contributed by atoms with van der Waals surface area (Å²) in [7, 11) is 0. The highest BCUT2D eigenvalue weighted by atomic mass is 16.3. The summed E-state index contributed by atoms with van der Waals surface area (Å²) in [6.45, 7) is 0. The first-order chi connectivity index (χ1) is 33.7. The van der Waals surface area contributed by atoms with E-state index in [-0.39, 0.29) is 0 Å². The number of furan rings is 2. The number of fused-ring (bicyclic) bond motifs is 6. The van der Waals surface area contributed by atoms with Gasteiger partial charge >= 0.3 is 0 Å². The number of benzene rings is 10. The van der Waals surface area contributed by atoms with Crippen LogP contribution in [0.25, 0.3) is 134 Å². The van der Waals surface area contributed by atoms with Crippen molar-refractivity contribution in [2.45, 2.75) is 0 Å². The Morgan fingerprint density at radius 1 is 0.235 bits per heavy atom. The molecule has 0 aliphatic heterocycles. The maximum atomic E-state index is 6.58. The molecule has 318 valence electrons. The summed E-state index contributed by atoms with van der Waals surface area (Å²) in [6.07, 6.45) is 0. The van der Waals surface area contributed by atoms with Crippen LogP contribution in [0.2, 0.25) is 0 Å². The molecule has 0 radical (unpaired) electrons. The van der Waals surface area contributed by atoms with E-state index in [1.165, 1.54) is 5.56 Å². The smallest absolute Gasteiger partial charge is 0.164 e. The second-order valence-electron chi connectivity index (χ2n) is 17.1. The van der Waals surface area contributed by atoms with E-state index in [4.69, 9.17) is 23.8 Å². The van der Waals surface area contributed by atoms with Crippen molar-refractivity contribution in [3.8, 4) is 89.8 Å². The van der Waals surface area contributed by atoms with Crippen LogP contribution < -0.4 is 0 Å². The van der Waals surface area contributed by atoms with Crippen LogP contribution in [0.5, 0.6) is 0 Å². The largest absolute Gasteiger partial charge is 0.456 e. The zero-order valence-corrected chi connectivity index (χ0v) is 36.7. The molecule has 0 aliphatic carbocycles.